The van der Waals surface area contributed by atoms with Crippen LogP contribution in [0.25, 0.3) is 0 Å². The largest absolute Gasteiger partial charge is 0.495 e. The van der Waals surface area contributed by atoms with E-state index in [9.17, 15) is 4.79 Å². The molecule has 10 heteroatoms. The summed E-state index contributed by atoms with van der Waals surface area (Å²) in [5.74, 6) is 1.34. The molecule has 0 unspecified atom stereocenters. The highest BCUT2D eigenvalue weighted by molar-refractivity contribution is 6.32. The first kappa shape index (κ1) is 24.4. The van der Waals surface area contributed by atoms with E-state index < -0.39 is 5.97 Å². The minimum absolute atomic E-state index is 0.231. The van der Waals surface area contributed by atoms with E-state index >= 15 is 0 Å². The van der Waals surface area contributed by atoms with Crippen LogP contribution in [-0.4, -0.2) is 36.8 Å². The van der Waals surface area contributed by atoms with Gasteiger partial charge in [-0.25, -0.2) is 9.78 Å². The maximum atomic E-state index is 12.4. The highest BCUT2D eigenvalue weighted by atomic mass is 35.5. The number of benzene rings is 2. The molecule has 33 heavy (non-hydrogen) atoms. The molecule has 2 N–H and O–H groups in total. The average molecular weight is 491 g/mol. The van der Waals surface area contributed by atoms with Gasteiger partial charge in [0, 0.05) is 19.3 Å². The molecule has 1 heterocycles. The fourth-order valence-corrected chi connectivity index (χ4v) is 3.53. The van der Waals surface area contributed by atoms with E-state index in [0.717, 1.165) is 11.1 Å². The van der Waals surface area contributed by atoms with Gasteiger partial charge in [0.25, 0.3) is 0 Å². The Morgan fingerprint density at radius 2 is 1.52 bits per heavy atom. The summed E-state index contributed by atoms with van der Waals surface area (Å²) in [6.07, 6.45) is 1.43. The van der Waals surface area contributed by atoms with Crippen molar-refractivity contribution in [2.24, 2.45) is 0 Å². The number of aromatic nitrogens is 2. The maximum absolute atomic E-state index is 12.4. The molecule has 1 aromatic heterocycles. The lowest BCUT2D eigenvalue weighted by atomic mass is 10.2. The van der Waals surface area contributed by atoms with Gasteiger partial charge < -0.3 is 24.8 Å². The number of rotatable bonds is 10. The molecule has 174 valence electrons. The number of anilines is 2. The molecule has 0 spiro atoms. The first-order chi connectivity index (χ1) is 15.9. The lowest BCUT2D eigenvalue weighted by molar-refractivity contribution is 0.0526. The monoisotopic (exact) mass is 490 g/mol. The highest BCUT2D eigenvalue weighted by Crippen LogP contribution is 2.27. The van der Waals surface area contributed by atoms with E-state index in [-0.39, 0.29) is 12.2 Å². The third-order valence-electron chi connectivity index (χ3n) is 4.63. The van der Waals surface area contributed by atoms with Crippen LogP contribution in [0.3, 0.4) is 0 Å². The number of nitrogens with one attached hydrogen (secondary N) is 2. The van der Waals surface area contributed by atoms with E-state index in [1.54, 1.807) is 45.4 Å². The molecule has 0 aliphatic rings. The molecule has 0 saturated heterocycles. The third-order valence-corrected chi connectivity index (χ3v) is 5.22. The topological polar surface area (TPSA) is 94.6 Å². The quantitative estimate of drug-likeness (QED) is 0.374. The zero-order chi connectivity index (χ0) is 23.8. The van der Waals surface area contributed by atoms with Crippen molar-refractivity contribution < 1.29 is 19.0 Å². The second kappa shape index (κ2) is 11.6. The fourth-order valence-electron chi connectivity index (χ4n) is 2.97. The number of esters is 1. The van der Waals surface area contributed by atoms with Crippen molar-refractivity contribution >= 4 is 40.9 Å². The van der Waals surface area contributed by atoms with Crippen LogP contribution >= 0.6 is 23.2 Å². The lowest BCUT2D eigenvalue weighted by Crippen LogP contribution is -2.14. The Hall–Kier alpha value is -3.23. The van der Waals surface area contributed by atoms with Gasteiger partial charge in [-0.05, 0) is 42.3 Å². The van der Waals surface area contributed by atoms with Gasteiger partial charge in [0.15, 0.2) is 0 Å². The zero-order valence-corrected chi connectivity index (χ0v) is 20.0. The predicted molar refractivity (Wildman–Crippen MR) is 129 cm³/mol. The summed E-state index contributed by atoms with van der Waals surface area (Å²) in [7, 11) is 3.12. The minimum Gasteiger partial charge on any atom is -0.495 e. The minimum atomic E-state index is -0.513. The van der Waals surface area contributed by atoms with Crippen LogP contribution in [0.5, 0.6) is 11.5 Å². The number of ether oxygens (including phenoxy) is 3. The van der Waals surface area contributed by atoms with Gasteiger partial charge in [-0.2, -0.15) is 4.98 Å². The van der Waals surface area contributed by atoms with Gasteiger partial charge >= 0.3 is 5.97 Å². The second-order valence-corrected chi connectivity index (χ2v) is 7.64. The van der Waals surface area contributed by atoms with E-state index in [2.05, 4.69) is 20.6 Å². The Balaban J connectivity index is 1.77. The van der Waals surface area contributed by atoms with Gasteiger partial charge in [-0.1, -0.05) is 35.3 Å². The summed E-state index contributed by atoms with van der Waals surface area (Å²) in [5, 5.41) is 7.30. The standard InChI is InChI=1S/C23H24Cl2N4O4/c1-4-33-22(30)16-13-28-23(27-12-15-6-8-20(32-3)18(25)10-15)29-21(16)26-11-14-5-7-19(31-2)17(24)9-14/h5-10,13H,4,11-12H2,1-3H3,(H2,26,27,28,29). The predicted octanol–water partition coefficient (Wildman–Crippen LogP) is 5.20. The van der Waals surface area contributed by atoms with Crippen LogP contribution in [0.2, 0.25) is 10.0 Å². The van der Waals surface area contributed by atoms with Crippen molar-refractivity contribution in [3.05, 3.63) is 69.3 Å². The molecule has 8 nitrogen and oxygen atoms in total. The molecule has 3 aromatic rings. The first-order valence-electron chi connectivity index (χ1n) is 10.1. The van der Waals surface area contributed by atoms with E-state index in [4.69, 9.17) is 37.4 Å². The summed E-state index contributed by atoms with van der Waals surface area (Å²) in [4.78, 5) is 21.1. The van der Waals surface area contributed by atoms with Crippen LogP contribution in [0.15, 0.2) is 42.6 Å². The molecule has 3 rings (SSSR count). The fraction of sp³-hybridized carbons (Fsp3) is 0.261. The number of hydrogen-bond donors (Lipinski definition) is 2. The van der Waals surface area contributed by atoms with Crippen LogP contribution < -0.4 is 20.1 Å². The average Bonchev–Trinajstić information content (AvgIpc) is 2.81. The molecule has 0 amide bonds. The highest BCUT2D eigenvalue weighted by Gasteiger charge is 2.16. The van der Waals surface area contributed by atoms with Gasteiger partial charge in [-0.3, -0.25) is 0 Å². The number of carbonyl (C=O) groups is 1. The first-order valence-corrected chi connectivity index (χ1v) is 10.9. The van der Waals surface area contributed by atoms with Gasteiger partial charge in [-0.15, -0.1) is 0 Å². The number of halogens is 2. The Morgan fingerprint density at radius 3 is 2.03 bits per heavy atom. The Bertz CT molecular complexity index is 1130. The molecule has 0 bridgehead atoms. The summed E-state index contributed by atoms with van der Waals surface area (Å²) in [5.41, 5.74) is 2.03. The van der Waals surface area contributed by atoms with Crippen molar-refractivity contribution in [2.75, 3.05) is 31.5 Å². The van der Waals surface area contributed by atoms with Gasteiger partial charge in [0.1, 0.15) is 22.9 Å². The Kier molecular flexibility index (Phi) is 8.57. The van der Waals surface area contributed by atoms with Crippen molar-refractivity contribution in [3.8, 4) is 11.5 Å². The SMILES string of the molecule is CCOC(=O)c1cnc(NCc2ccc(OC)c(Cl)c2)nc1NCc1ccc(OC)c(Cl)c1. The van der Waals surface area contributed by atoms with Gasteiger partial charge in [0.05, 0.1) is 30.9 Å². The molecular weight excluding hydrogens is 467 g/mol. The number of carbonyl (C=O) groups excluding carboxylic acids is 1. The molecule has 0 aliphatic heterocycles. The molecular formula is C23H24Cl2N4O4. The number of hydrogen-bond acceptors (Lipinski definition) is 8. The Labute approximate surface area is 202 Å². The van der Waals surface area contributed by atoms with Crippen LogP contribution in [0.4, 0.5) is 11.8 Å². The third kappa shape index (κ3) is 6.40. The molecule has 0 saturated carbocycles. The molecule has 0 aliphatic carbocycles. The summed E-state index contributed by atoms with van der Waals surface area (Å²) in [6.45, 7) is 2.78. The van der Waals surface area contributed by atoms with Crippen LogP contribution in [-0.2, 0) is 17.8 Å². The summed E-state index contributed by atoms with van der Waals surface area (Å²) in [6, 6.07) is 10.9. The van der Waals surface area contributed by atoms with E-state index in [0.29, 0.717) is 46.4 Å². The Morgan fingerprint density at radius 1 is 0.939 bits per heavy atom. The van der Waals surface area contributed by atoms with Crippen molar-refractivity contribution in [2.45, 2.75) is 20.0 Å². The van der Waals surface area contributed by atoms with Crippen molar-refractivity contribution in [3.63, 3.8) is 0 Å². The lowest BCUT2D eigenvalue weighted by Gasteiger charge is -2.13. The van der Waals surface area contributed by atoms with Crippen molar-refractivity contribution in [1.82, 2.24) is 9.97 Å². The molecule has 0 fully saturated rings. The van der Waals surface area contributed by atoms with E-state index in [1.165, 1.54) is 6.20 Å². The van der Waals surface area contributed by atoms with Crippen molar-refractivity contribution in [1.29, 1.82) is 0 Å². The normalized spacial score (nSPS) is 10.5. The van der Waals surface area contributed by atoms with Crippen LogP contribution in [0.1, 0.15) is 28.4 Å². The molecule has 2 aromatic carbocycles. The summed E-state index contributed by atoms with van der Waals surface area (Å²) >= 11 is 12.4. The number of methoxy groups -OCH3 is 2. The molecule has 0 atom stereocenters. The maximum Gasteiger partial charge on any atom is 0.343 e. The number of nitrogens with zero attached hydrogens (tertiary/aromatic N) is 2. The van der Waals surface area contributed by atoms with E-state index in [1.807, 2.05) is 12.1 Å². The van der Waals surface area contributed by atoms with Crippen LogP contribution in [0, 0.1) is 0 Å². The smallest absolute Gasteiger partial charge is 0.343 e. The summed E-state index contributed by atoms with van der Waals surface area (Å²) < 4.78 is 15.5. The second-order valence-electron chi connectivity index (χ2n) is 6.82. The van der Waals surface area contributed by atoms with Gasteiger partial charge in [0.2, 0.25) is 5.95 Å². The zero-order valence-electron chi connectivity index (χ0n) is 18.4. The molecule has 0 radical (unpaired) electrons.